The first-order valence-corrected chi connectivity index (χ1v) is 6.16. The number of hydrogen-bond donors (Lipinski definition) is 4. The second kappa shape index (κ2) is 14.8. The summed E-state index contributed by atoms with van der Waals surface area (Å²) in [5.41, 5.74) is 0. The molecule has 1 unspecified atom stereocenters. The SMILES string of the molecule is CCC(C)CC(O)O.OCCCCCCO. The number of aliphatic hydroxyl groups is 4. The summed E-state index contributed by atoms with van der Waals surface area (Å²) in [6.07, 6.45) is 4.22. The lowest BCUT2D eigenvalue weighted by Gasteiger charge is -2.08. The third kappa shape index (κ3) is 19.4. The van der Waals surface area contributed by atoms with E-state index in [-0.39, 0.29) is 13.2 Å². The molecule has 0 aliphatic carbocycles. The Bertz CT molecular complexity index is 112. The fourth-order valence-corrected chi connectivity index (χ4v) is 1.10. The highest BCUT2D eigenvalue weighted by Crippen LogP contribution is 2.07. The van der Waals surface area contributed by atoms with Crippen LogP contribution in [-0.2, 0) is 0 Å². The van der Waals surface area contributed by atoms with Crippen molar-refractivity contribution >= 4 is 0 Å². The lowest BCUT2D eigenvalue weighted by Crippen LogP contribution is -2.09. The molecule has 0 spiro atoms. The molecule has 0 saturated carbocycles. The zero-order valence-corrected chi connectivity index (χ0v) is 10.6. The minimum atomic E-state index is -1.12. The van der Waals surface area contributed by atoms with Crippen LogP contribution >= 0.6 is 0 Å². The summed E-state index contributed by atoms with van der Waals surface area (Å²) in [5.74, 6) is 0.426. The predicted octanol–water partition coefficient (Wildman–Crippen LogP) is 1.26. The third-order valence-corrected chi connectivity index (χ3v) is 2.38. The van der Waals surface area contributed by atoms with Crippen LogP contribution in [-0.4, -0.2) is 39.9 Å². The second-order valence-electron chi connectivity index (χ2n) is 4.09. The molecule has 0 radical (unpaired) electrons. The van der Waals surface area contributed by atoms with Gasteiger partial charge in [0, 0.05) is 19.6 Å². The summed E-state index contributed by atoms with van der Waals surface area (Å²) in [6.45, 7) is 4.60. The fraction of sp³-hybridized carbons (Fsp3) is 1.00. The van der Waals surface area contributed by atoms with E-state index in [1.165, 1.54) is 0 Å². The van der Waals surface area contributed by atoms with Crippen molar-refractivity contribution in [2.45, 2.75) is 58.7 Å². The molecule has 4 heteroatoms. The Morgan fingerprint density at radius 2 is 1.31 bits per heavy atom. The van der Waals surface area contributed by atoms with Gasteiger partial charge >= 0.3 is 0 Å². The molecule has 0 aromatic heterocycles. The highest BCUT2D eigenvalue weighted by atomic mass is 16.5. The molecule has 16 heavy (non-hydrogen) atoms. The van der Waals surface area contributed by atoms with E-state index in [9.17, 15) is 0 Å². The minimum absolute atomic E-state index is 0.283. The molecule has 0 saturated heterocycles. The first kappa shape index (κ1) is 18.2. The molecule has 4 nitrogen and oxygen atoms in total. The molecule has 0 rings (SSSR count). The second-order valence-corrected chi connectivity index (χ2v) is 4.09. The summed E-state index contributed by atoms with van der Waals surface area (Å²) in [6, 6.07) is 0. The van der Waals surface area contributed by atoms with Crippen molar-refractivity contribution in [2.75, 3.05) is 13.2 Å². The van der Waals surface area contributed by atoms with Crippen LogP contribution in [0.2, 0.25) is 0 Å². The van der Waals surface area contributed by atoms with Gasteiger partial charge in [-0.05, 0) is 18.8 Å². The third-order valence-electron chi connectivity index (χ3n) is 2.38. The van der Waals surface area contributed by atoms with Crippen LogP contribution in [0.15, 0.2) is 0 Å². The van der Waals surface area contributed by atoms with Crippen LogP contribution in [0, 0.1) is 5.92 Å². The summed E-state index contributed by atoms with van der Waals surface area (Å²) in [5, 5.41) is 33.4. The number of unbranched alkanes of at least 4 members (excludes halogenated alkanes) is 3. The van der Waals surface area contributed by atoms with Gasteiger partial charge in [-0.2, -0.15) is 0 Å². The number of aliphatic hydroxyl groups excluding tert-OH is 3. The molecule has 0 heterocycles. The summed E-state index contributed by atoms with van der Waals surface area (Å²) < 4.78 is 0. The van der Waals surface area contributed by atoms with Crippen LogP contribution < -0.4 is 0 Å². The molecule has 100 valence electrons. The Morgan fingerprint density at radius 1 is 0.875 bits per heavy atom. The van der Waals surface area contributed by atoms with E-state index < -0.39 is 6.29 Å². The Labute approximate surface area is 98.9 Å². The Hall–Kier alpha value is -0.160. The molecular formula is C12H28O4. The lowest BCUT2D eigenvalue weighted by atomic mass is 10.1. The van der Waals surface area contributed by atoms with Gasteiger partial charge in [-0.3, -0.25) is 0 Å². The van der Waals surface area contributed by atoms with Crippen molar-refractivity contribution in [2.24, 2.45) is 5.92 Å². The topological polar surface area (TPSA) is 80.9 Å². The molecule has 0 aliphatic heterocycles. The van der Waals surface area contributed by atoms with Crippen LogP contribution in [0.5, 0.6) is 0 Å². The lowest BCUT2D eigenvalue weighted by molar-refractivity contribution is -0.0547. The Balaban J connectivity index is 0. The van der Waals surface area contributed by atoms with Crippen LogP contribution in [0.4, 0.5) is 0 Å². The number of rotatable bonds is 8. The van der Waals surface area contributed by atoms with Crippen molar-refractivity contribution < 1.29 is 20.4 Å². The van der Waals surface area contributed by atoms with Gasteiger partial charge in [0.05, 0.1) is 0 Å². The van der Waals surface area contributed by atoms with Gasteiger partial charge < -0.3 is 20.4 Å². The molecule has 0 fully saturated rings. The van der Waals surface area contributed by atoms with E-state index in [1.807, 2.05) is 13.8 Å². The van der Waals surface area contributed by atoms with Crippen molar-refractivity contribution in [1.29, 1.82) is 0 Å². The largest absolute Gasteiger partial charge is 0.396 e. The number of hydrogen-bond acceptors (Lipinski definition) is 4. The molecule has 4 N–H and O–H groups in total. The fourth-order valence-electron chi connectivity index (χ4n) is 1.10. The van der Waals surface area contributed by atoms with E-state index in [2.05, 4.69) is 0 Å². The van der Waals surface area contributed by atoms with Gasteiger partial charge in [0.15, 0.2) is 6.29 Å². The quantitative estimate of drug-likeness (QED) is 0.378. The van der Waals surface area contributed by atoms with Gasteiger partial charge in [-0.15, -0.1) is 0 Å². The van der Waals surface area contributed by atoms with E-state index >= 15 is 0 Å². The minimum Gasteiger partial charge on any atom is -0.396 e. The average Bonchev–Trinajstić information content (AvgIpc) is 2.24. The molecule has 0 amide bonds. The highest BCUT2D eigenvalue weighted by Gasteiger charge is 2.02. The summed E-state index contributed by atoms with van der Waals surface area (Å²) >= 11 is 0. The van der Waals surface area contributed by atoms with Gasteiger partial charge in [-0.1, -0.05) is 33.1 Å². The van der Waals surface area contributed by atoms with E-state index in [4.69, 9.17) is 20.4 Å². The van der Waals surface area contributed by atoms with Gasteiger partial charge in [0.2, 0.25) is 0 Å². The molecule has 0 bridgehead atoms. The monoisotopic (exact) mass is 236 g/mol. The smallest absolute Gasteiger partial charge is 0.151 e. The van der Waals surface area contributed by atoms with Crippen molar-refractivity contribution in [3.63, 3.8) is 0 Å². The summed E-state index contributed by atoms with van der Waals surface area (Å²) in [7, 11) is 0. The van der Waals surface area contributed by atoms with Gasteiger partial charge in [0.25, 0.3) is 0 Å². The maximum Gasteiger partial charge on any atom is 0.151 e. The molecular weight excluding hydrogens is 208 g/mol. The normalized spacial score (nSPS) is 12.2. The van der Waals surface area contributed by atoms with E-state index in [1.54, 1.807) is 0 Å². The maximum atomic E-state index is 8.41. The molecule has 0 aromatic rings. The van der Waals surface area contributed by atoms with Crippen LogP contribution in [0.1, 0.15) is 52.4 Å². The average molecular weight is 236 g/mol. The zero-order chi connectivity index (χ0) is 12.8. The van der Waals surface area contributed by atoms with Crippen LogP contribution in [0.3, 0.4) is 0 Å². The predicted molar refractivity (Wildman–Crippen MR) is 64.9 cm³/mol. The molecule has 0 aromatic carbocycles. The summed E-state index contributed by atoms with van der Waals surface area (Å²) in [4.78, 5) is 0. The molecule has 1 atom stereocenters. The highest BCUT2D eigenvalue weighted by molar-refractivity contribution is 4.49. The van der Waals surface area contributed by atoms with E-state index in [0.29, 0.717) is 12.3 Å². The van der Waals surface area contributed by atoms with Gasteiger partial charge in [-0.25, -0.2) is 0 Å². The van der Waals surface area contributed by atoms with Gasteiger partial charge in [0.1, 0.15) is 0 Å². The first-order valence-electron chi connectivity index (χ1n) is 6.16. The van der Waals surface area contributed by atoms with E-state index in [0.717, 1.165) is 32.1 Å². The van der Waals surface area contributed by atoms with Crippen LogP contribution in [0.25, 0.3) is 0 Å². The van der Waals surface area contributed by atoms with Crippen molar-refractivity contribution in [3.05, 3.63) is 0 Å². The van der Waals surface area contributed by atoms with Crippen molar-refractivity contribution in [3.8, 4) is 0 Å². The standard InChI is InChI=1S/2C6H14O2/c1-3-5(2)4-6(7)8;7-5-3-1-2-4-6-8/h5-8H,3-4H2,1-2H3;7-8H,1-6H2. The Morgan fingerprint density at radius 3 is 1.50 bits per heavy atom. The molecule has 0 aliphatic rings. The zero-order valence-electron chi connectivity index (χ0n) is 10.6. The maximum absolute atomic E-state index is 8.41. The Kier molecular flexibility index (Phi) is 16.9. The van der Waals surface area contributed by atoms with Crippen molar-refractivity contribution in [1.82, 2.24) is 0 Å². The first-order chi connectivity index (χ1) is 7.58.